The zero-order valence-electron chi connectivity index (χ0n) is 33.6. The van der Waals surface area contributed by atoms with Crippen LogP contribution >= 0.6 is 11.3 Å². The zero-order chi connectivity index (χ0) is 41.0. The van der Waals surface area contributed by atoms with Crippen molar-refractivity contribution in [2.45, 2.75) is 0 Å². The van der Waals surface area contributed by atoms with Gasteiger partial charge < -0.3 is 4.57 Å². The summed E-state index contributed by atoms with van der Waals surface area (Å²) in [5.41, 5.74) is 15.6. The quantitative estimate of drug-likeness (QED) is 0.161. The summed E-state index contributed by atoms with van der Waals surface area (Å²) in [4.78, 5) is 10.2. The highest BCUT2D eigenvalue weighted by Gasteiger charge is 2.18. The summed E-state index contributed by atoms with van der Waals surface area (Å²) >= 11 is 1.86. The van der Waals surface area contributed by atoms with Crippen molar-refractivity contribution in [1.82, 2.24) is 14.5 Å². The Bertz CT molecular complexity index is 3560. The lowest BCUT2D eigenvalue weighted by Crippen LogP contribution is -1.97. The fourth-order valence-electron chi connectivity index (χ4n) is 9.10. The molecule has 9 aromatic carbocycles. The van der Waals surface area contributed by atoms with E-state index in [0.717, 1.165) is 44.8 Å². The maximum absolute atomic E-state index is 5.08. The van der Waals surface area contributed by atoms with Gasteiger partial charge in [0.05, 0.1) is 22.4 Å². The van der Waals surface area contributed by atoms with E-state index in [9.17, 15) is 0 Å². The molecule has 0 saturated heterocycles. The van der Waals surface area contributed by atoms with Gasteiger partial charge in [-0.25, -0.2) is 9.97 Å². The molecular formula is C58H37N3S. The SMILES string of the molecule is c1ccc(-c2cc(-c3ccccc3)nc(-c3ccc(-n4c5ccccc5c5cc(-c6ccccc6-c6ccccc6-c6ccc7sc8ccccc8c7c6)ccc54)cc3)n2)cc1. The Hall–Kier alpha value is -7.92. The number of para-hydroxylation sites is 1. The van der Waals surface area contributed by atoms with Crippen molar-refractivity contribution < 1.29 is 0 Å². The minimum absolute atomic E-state index is 0.698. The average molecular weight is 808 g/mol. The molecule has 12 rings (SSSR count). The van der Waals surface area contributed by atoms with Crippen LogP contribution < -0.4 is 0 Å². The van der Waals surface area contributed by atoms with Crippen molar-refractivity contribution in [3.63, 3.8) is 0 Å². The maximum atomic E-state index is 5.08. The molecule has 0 spiro atoms. The number of thiophene rings is 1. The number of nitrogens with zero attached hydrogens (tertiary/aromatic N) is 3. The second-order valence-electron chi connectivity index (χ2n) is 15.7. The summed E-state index contributed by atoms with van der Waals surface area (Å²) in [6.45, 7) is 0. The van der Waals surface area contributed by atoms with Gasteiger partial charge in [-0.3, -0.25) is 0 Å². The van der Waals surface area contributed by atoms with Gasteiger partial charge in [-0.15, -0.1) is 11.3 Å². The van der Waals surface area contributed by atoms with E-state index < -0.39 is 0 Å². The Kier molecular flexibility index (Phi) is 8.68. The van der Waals surface area contributed by atoms with Gasteiger partial charge in [0.15, 0.2) is 5.82 Å². The third kappa shape index (κ3) is 6.20. The molecule has 0 saturated carbocycles. The fourth-order valence-corrected chi connectivity index (χ4v) is 10.2. The molecule has 62 heavy (non-hydrogen) atoms. The molecule has 0 atom stereocenters. The molecule has 0 fully saturated rings. The molecule has 12 aromatic rings. The Morgan fingerprint density at radius 1 is 0.306 bits per heavy atom. The minimum atomic E-state index is 0.698. The Morgan fingerprint density at radius 3 is 1.45 bits per heavy atom. The lowest BCUT2D eigenvalue weighted by Gasteiger charge is -2.15. The number of hydrogen-bond acceptors (Lipinski definition) is 3. The van der Waals surface area contributed by atoms with Gasteiger partial charge in [0.2, 0.25) is 0 Å². The summed E-state index contributed by atoms with van der Waals surface area (Å²) in [6.07, 6.45) is 0. The number of aromatic nitrogens is 3. The Labute approximate surface area is 363 Å². The standard InChI is InChI=1S/C58H37N3S/c1-3-15-38(16-4-1)52-37-53(39-17-5-2-6-18-39)60-58(59-52)40-27-31-43(32-28-40)61-54-25-13-11-23-48(54)50-35-41(29-33-55(50)61)44-19-7-9-21-46(44)47-22-10-8-20-45(47)42-30-34-57-51(36-42)49-24-12-14-26-56(49)62-57/h1-37H. The van der Waals surface area contributed by atoms with Gasteiger partial charge in [0.1, 0.15) is 0 Å². The molecule has 0 N–H and O–H groups in total. The van der Waals surface area contributed by atoms with Gasteiger partial charge >= 0.3 is 0 Å². The highest BCUT2D eigenvalue weighted by molar-refractivity contribution is 7.25. The summed E-state index contributed by atoms with van der Waals surface area (Å²) < 4.78 is 5.01. The molecule has 0 unspecified atom stereocenters. The van der Waals surface area contributed by atoms with Crippen LogP contribution in [0.2, 0.25) is 0 Å². The van der Waals surface area contributed by atoms with Crippen molar-refractivity contribution in [3.05, 3.63) is 224 Å². The highest BCUT2D eigenvalue weighted by Crippen LogP contribution is 2.43. The van der Waals surface area contributed by atoms with Crippen LogP contribution in [0.5, 0.6) is 0 Å². The molecule has 0 aliphatic carbocycles. The summed E-state index contributed by atoms with van der Waals surface area (Å²) in [5.74, 6) is 0.698. The molecule has 3 heterocycles. The van der Waals surface area contributed by atoms with Crippen LogP contribution in [0.15, 0.2) is 224 Å². The molecule has 0 bridgehead atoms. The third-order valence-corrected chi connectivity index (χ3v) is 13.2. The second kappa shape index (κ2) is 15.0. The van der Waals surface area contributed by atoms with Crippen LogP contribution in [-0.4, -0.2) is 14.5 Å². The van der Waals surface area contributed by atoms with Crippen LogP contribution in [0, 0.1) is 0 Å². The van der Waals surface area contributed by atoms with Gasteiger partial charge in [-0.2, -0.15) is 0 Å². The van der Waals surface area contributed by atoms with Crippen LogP contribution in [0.1, 0.15) is 0 Å². The first-order valence-corrected chi connectivity index (χ1v) is 21.8. The lowest BCUT2D eigenvalue weighted by atomic mass is 9.89. The molecular weight excluding hydrogens is 771 g/mol. The Balaban J connectivity index is 0.944. The van der Waals surface area contributed by atoms with E-state index in [-0.39, 0.29) is 0 Å². The summed E-state index contributed by atoms with van der Waals surface area (Å²) in [5, 5.41) is 5.06. The van der Waals surface area contributed by atoms with E-state index in [1.54, 1.807) is 0 Å². The summed E-state index contributed by atoms with van der Waals surface area (Å²) in [6, 6.07) is 80.5. The van der Waals surface area contributed by atoms with E-state index in [2.05, 4.69) is 217 Å². The Morgan fingerprint density at radius 2 is 0.790 bits per heavy atom. The number of fused-ring (bicyclic) bond motifs is 6. The predicted octanol–water partition coefficient (Wildman–Crippen LogP) is 15.9. The zero-order valence-corrected chi connectivity index (χ0v) is 34.4. The predicted molar refractivity (Wildman–Crippen MR) is 262 cm³/mol. The van der Waals surface area contributed by atoms with Crippen molar-refractivity contribution in [2.24, 2.45) is 0 Å². The molecule has 0 aliphatic heterocycles. The molecule has 0 amide bonds. The van der Waals surface area contributed by atoms with Crippen LogP contribution in [0.25, 0.3) is 115 Å². The molecule has 290 valence electrons. The number of benzene rings is 9. The van der Waals surface area contributed by atoms with Crippen molar-refractivity contribution in [3.8, 4) is 73.0 Å². The molecule has 3 nitrogen and oxygen atoms in total. The first kappa shape index (κ1) is 36.0. The molecule has 0 aliphatic rings. The van der Waals surface area contributed by atoms with Crippen molar-refractivity contribution in [1.29, 1.82) is 0 Å². The smallest absolute Gasteiger partial charge is 0.160 e. The van der Waals surface area contributed by atoms with Crippen molar-refractivity contribution in [2.75, 3.05) is 0 Å². The monoisotopic (exact) mass is 807 g/mol. The van der Waals surface area contributed by atoms with E-state index in [4.69, 9.17) is 9.97 Å². The first-order valence-electron chi connectivity index (χ1n) is 21.0. The summed E-state index contributed by atoms with van der Waals surface area (Å²) in [7, 11) is 0. The van der Waals surface area contributed by atoms with Crippen LogP contribution in [0.4, 0.5) is 0 Å². The average Bonchev–Trinajstić information content (AvgIpc) is 3.89. The molecule has 3 aromatic heterocycles. The maximum Gasteiger partial charge on any atom is 0.160 e. The number of hydrogen-bond donors (Lipinski definition) is 0. The van der Waals surface area contributed by atoms with E-state index in [0.29, 0.717) is 5.82 Å². The second-order valence-corrected chi connectivity index (χ2v) is 16.8. The van der Waals surface area contributed by atoms with Crippen LogP contribution in [-0.2, 0) is 0 Å². The minimum Gasteiger partial charge on any atom is -0.309 e. The highest BCUT2D eigenvalue weighted by atomic mass is 32.1. The largest absolute Gasteiger partial charge is 0.309 e. The molecule has 4 heteroatoms. The van der Waals surface area contributed by atoms with E-state index in [1.807, 2.05) is 23.5 Å². The van der Waals surface area contributed by atoms with Gasteiger partial charge in [-0.1, -0.05) is 158 Å². The lowest BCUT2D eigenvalue weighted by molar-refractivity contribution is 1.16. The fraction of sp³-hybridized carbons (Fsp3) is 0. The van der Waals surface area contributed by atoms with Gasteiger partial charge in [-0.05, 0) is 100 Å². The van der Waals surface area contributed by atoms with Crippen LogP contribution in [0.3, 0.4) is 0 Å². The normalized spacial score (nSPS) is 11.5. The van der Waals surface area contributed by atoms with Gasteiger partial charge in [0.25, 0.3) is 0 Å². The first-order chi connectivity index (χ1) is 30.7. The van der Waals surface area contributed by atoms with Crippen molar-refractivity contribution >= 4 is 53.3 Å². The topological polar surface area (TPSA) is 30.7 Å². The third-order valence-electron chi connectivity index (χ3n) is 12.1. The van der Waals surface area contributed by atoms with Gasteiger partial charge in [0, 0.05) is 53.3 Å². The number of rotatable bonds is 7. The van der Waals surface area contributed by atoms with E-state index in [1.165, 1.54) is 64.3 Å². The molecule has 0 radical (unpaired) electrons. The van der Waals surface area contributed by atoms with E-state index >= 15 is 0 Å².